The third kappa shape index (κ3) is 4.47. The summed E-state index contributed by atoms with van der Waals surface area (Å²) in [6.45, 7) is 7.63. The van der Waals surface area contributed by atoms with E-state index < -0.39 is 0 Å². The van der Waals surface area contributed by atoms with E-state index in [0.29, 0.717) is 12.5 Å². The highest BCUT2D eigenvalue weighted by Crippen LogP contribution is 2.28. The fourth-order valence-corrected chi connectivity index (χ4v) is 4.68. The van der Waals surface area contributed by atoms with Gasteiger partial charge in [-0.1, -0.05) is 12.1 Å². The molecule has 5 rings (SSSR count). The molecule has 0 saturated carbocycles. The quantitative estimate of drug-likeness (QED) is 0.807. The van der Waals surface area contributed by atoms with Crippen molar-refractivity contribution in [2.45, 2.75) is 57.3 Å². The van der Waals surface area contributed by atoms with Crippen LogP contribution in [0.25, 0.3) is 0 Å². The van der Waals surface area contributed by atoms with Crippen molar-refractivity contribution >= 4 is 0 Å². The van der Waals surface area contributed by atoms with Crippen LogP contribution >= 0.6 is 0 Å². The number of hydrogen-bond donors (Lipinski definition) is 1. The molecule has 29 heavy (non-hydrogen) atoms. The second-order valence-electron chi connectivity index (χ2n) is 8.44. The van der Waals surface area contributed by atoms with Crippen LogP contribution in [-0.4, -0.2) is 58.6 Å². The lowest BCUT2D eigenvalue weighted by Crippen LogP contribution is -2.34. The Morgan fingerprint density at radius 1 is 1.07 bits per heavy atom. The first kappa shape index (κ1) is 19.0. The first-order valence-corrected chi connectivity index (χ1v) is 11.0. The Balaban J connectivity index is 1.10. The van der Waals surface area contributed by atoms with E-state index in [4.69, 9.17) is 9.47 Å². The molecule has 3 aliphatic rings. The number of benzene rings is 1. The van der Waals surface area contributed by atoms with E-state index >= 15 is 0 Å². The van der Waals surface area contributed by atoms with Crippen LogP contribution in [-0.2, 0) is 24.4 Å². The Labute approximate surface area is 172 Å². The minimum Gasteiger partial charge on any atom is -0.491 e. The standard InChI is InChI=1S/C22H31N5O2/c1-2-20(28-13-1)16-29-19-5-3-17(4-6-19)15-26-10-7-18(8-11-26)22-25-24-21-14-23-9-12-27(21)22/h3-6,18,20,23H,1-2,7-16H2. The molecule has 1 N–H and O–H groups in total. The molecule has 7 nitrogen and oxygen atoms in total. The molecule has 7 heteroatoms. The first-order valence-electron chi connectivity index (χ1n) is 11.0. The molecule has 4 heterocycles. The van der Waals surface area contributed by atoms with Gasteiger partial charge < -0.3 is 19.4 Å². The van der Waals surface area contributed by atoms with E-state index in [9.17, 15) is 0 Å². The van der Waals surface area contributed by atoms with Gasteiger partial charge in [-0.25, -0.2) is 0 Å². The van der Waals surface area contributed by atoms with Gasteiger partial charge in [0.25, 0.3) is 0 Å². The number of nitrogens with zero attached hydrogens (tertiary/aromatic N) is 4. The number of fused-ring (bicyclic) bond motifs is 1. The molecule has 2 fully saturated rings. The molecule has 0 amide bonds. The van der Waals surface area contributed by atoms with Crippen LogP contribution in [0.4, 0.5) is 0 Å². The Morgan fingerprint density at radius 3 is 2.72 bits per heavy atom. The molecular weight excluding hydrogens is 366 g/mol. The van der Waals surface area contributed by atoms with Gasteiger partial charge in [0.1, 0.15) is 24.0 Å². The summed E-state index contributed by atoms with van der Waals surface area (Å²) in [6.07, 6.45) is 4.86. The van der Waals surface area contributed by atoms with Crippen molar-refractivity contribution in [1.29, 1.82) is 0 Å². The summed E-state index contributed by atoms with van der Waals surface area (Å²) < 4.78 is 13.8. The summed E-state index contributed by atoms with van der Waals surface area (Å²) in [5, 5.41) is 12.3. The van der Waals surface area contributed by atoms with Crippen LogP contribution in [0.2, 0.25) is 0 Å². The number of likely N-dealkylation sites (tertiary alicyclic amines) is 1. The fraction of sp³-hybridized carbons (Fsp3) is 0.636. The zero-order valence-electron chi connectivity index (χ0n) is 17.1. The van der Waals surface area contributed by atoms with Crippen LogP contribution in [0.15, 0.2) is 24.3 Å². The molecule has 0 radical (unpaired) electrons. The van der Waals surface area contributed by atoms with E-state index in [-0.39, 0.29) is 6.10 Å². The number of piperidine rings is 1. The normalized spacial score (nSPS) is 23.2. The Bertz CT molecular complexity index is 792. The van der Waals surface area contributed by atoms with Crippen molar-refractivity contribution < 1.29 is 9.47 Å². The van der Waals surface area contributed by atoms with Gasteiger partial charge in [-0.3, -0.25) is 4.90 Å². The molecule has 0 bridgehead atoms. The van der Waals surface area contributed by atoms with Crippen molar-refractivity contribution in [2.24, 2.45) is 0 Å². The Morgan fingerprint density at radius 2 is 1.93 bits per heavy atom. The van der Waals surface area contributed by atoms with E-state index in [0.717, 1.165) is 83.1 Å². The van der Waals surface area contributed by atoms with Crippen LogP contribution in [0.5, 0.6) is 5.75 Å². The highest BCUT2D eigenvalue weighted by Gasteiger charge is 2.27. The van der Waals surface area contributed by atoms with Gasteiger partial charge in [-0.15, -0.1) is 10.2 Å². The minimum absolute atomic E-state index is 0.267. The maximum absolute atomic E-state index is 5.88. The maximum Gasteiger partial charge on any atom is 0.147 e. The number of rotatable bonds is 6. The molecule has 1 aromatic heterocycles. The lowest BCUT2D eigenvalue weighted by Gasteiger charge is -2.32. The van der Waals surface area contributed by atoms with Gasteiger partial charge in [0, 0.05) is 32.2 Å². The third-order valence-electron chi connectivity index (χ3n) is 6.39. The molecule has 1 unspecified atom stereocenters. The van der Waals surface area contributed by atoms with Crippen molar-refractivity contribution in [3.63, 3.8) is 0 Å². The Hall–Kier alpha value is -1.96. The summed E-state index contributed by atoms with van der Waals surface area (Å²) in [7, 11) is 0. The SMILES string of the molecule is c1cc(OCC2CCCO2)ccc1CN1CCC(c2nnc3n2CCNC3)CC1. The van der Waals surface area contributed by atoms with Crippen LogP contribution in [0, 0.1) is 0 Å². The van der Waals surface area contributed by atoms with Gasteiger partial charge >= 0.3 is 0 Å². The number of ether oxygens (including phenoxy) is 2. The topological polar surface area (TPSA) is 64.4 Å². The molecule has 2 saturated heterocycles. The molecule has 0 spiro atoms. The van der Waals surface area contributed by atoms with Crippen LogP contribution in [0.3, 0.4) is 0 Å². The van der Waals surface area contributed by atoms with Gasteiger partial charge in [0.15, 0.2) is 0 Å². The van der Waals surface area contributed by atoms with Gasteiger partial charge in [0.2, 0.25) is 0 Å². The van der Waals surface area contributed by atoms with Crippen molar-refractivity contribution in [3.05, 3.63) is 41.5 Å². The monoisotopic (exact) mass is 397 g/mol. The van der Waals surface area contributed by atoms with E-state index in [1.807, 2.05) is 0 Å². The minimum atomic E-state index is 0.267. The maximum atomic E-state index is 5.88. The van der Waals surface area contributed by atoms with Gasteiger partial charge in [0.05, 0.1) is 12.6 Å². The summed E-state index contributed by atoms with van der Waals surface area (Å²) in [5.41, 5.74) is 1.35. The van der Waals surface area contributed by atoms with E-state index in [1.165, 1.54) is 11.4 Å². The van der Waals surface area contributed by atoms with Crippen LogP contribution in [0.1, 0.15) is 48.8 Å². The highest BCUT2D eigenvalue weighted by molar-refractivity contribution is 5.27. The summed E-state index contributed by atoms with van der Waals surface area (Å²) in [6, 6.07) is 8.57. The average molecular weight is 398 g/mol. The highest BCUT2D eigenvalue weighted by atomic mass is 16.5. The van der Waals surface area contributed by atoms with Crippen molar-refractivity contribution in [2.75, 3.05) is 32.8 Å². The molecule has 1 aromatic carbocycles. The van der Waals surface area contributed by atoms with Crippen molar-refractivity contribution in [1.82, 2.24) is 25.0 Å². The zero-order chi connectivity index (χ0) is 19.5. The summed E-state index contributed by atoms with van der Waals surface area (Å²) in [5.74, 6) is 3.78. The summed E-state index contributed by atoms with van der Waals surface area (Å²) in [4.78, 5) is 2.55. The molecule has 156 valence electrons. The third-order valence-corrected chi connectivity index (χ3v) is 6.39. The van der Waals surface area contributed by atoms with E-state index in [2.05, 4.69) is 49.2 Å². The first-order chi connectivity index (χ1) is 14.3. The molecule has 1 atom stereocenters. The van der Waals surface area contributed by atoms with Gasteiger partial charge in [-0.05, 0) is 56.5 Å². The van der Waals surface area contributed by atoms with E-state index in [1.54, 1.807) is 0 Å². The Kier molecular flexibility index (Phi) is 5.78. The molecule has 2 aromatic rings. The molecule has 3 aliphatic heterocycles. The largest absolute Gasteiger partial charge is 0.491 e. The predicted molar refractivity (Wildman–Crippen MR) is 110 cm³/mol. The predicted octanol–water partition coefficient (Wildman–Crippen LogP) is 2.32. The smallest absolute Gasteiger partial charge is 0.147 e. The second-order valence-corrected chi connectivity index (χ2v) is 8.44. The average Bonchev–Trinajstić information content (AvgIpc) is 3.44. The zero-order valence-corrected chi connectivity index (χ0v) is 17.1. The lowest BCUT2D eigenvalue weighted by atomic mass is 9.95. The lowest BCUT2D eigenvalue weighted by molar-refractivity contribution is 0.0679. The molecular formula is C22H31N5O2. The number of nitrogens with one attached hydrogen (secondary N) is 1. The number of hydrogen-bond acceptors (Lipinski definition) is 6. The second kappa shape index (κ2) is 8.81. The fourth-order valence-electron chi connectivity index (χ4n) is 4.68. The van der Waals surface area contributed by atoms with Gasteiger partial charge in [-0.2, -0.15) is 0 Å². The molecule has 0 aliphatic carbocycles. The van der Waals surface area contributed by atoms with Crippen LogP contribution < -0.4 is 10.1 Å². The number of aromatic nitrogens is 3. The van der Waals surface area contributed by atoms with Crippen molar-refractivity contribution in [3.8, 4) is 5.75 Å². The summed E-state index contributed by atoms with van der Waals surface area (Å²) >= 11 is 0.